The molecule has 1 aliphatic carbocycles. The predicted octanol–water partition coefficient (Wildman–Crippen LogP) is 6.88. The first-order chi connectivity index (χ1) is 15.6. The number of halogens is 1. The maximum atomic E-state index is 12.0. The normalized spacial score (nSPS) is 19.9. The summed E-state index contributed by atoms with van der Waals surface area (Å²) < 4.78 is 6.07. The van der Waals surface area contributed by atoms with Gasteiger partial charge < -0.3 is 9.84 Å². The summed E-state index contributed by atoms with van der Waals surface area (Å²) in [6, 6.07) is 34.3. The van der Waals surface area contributed by atoms with Crippen molar-refractivity contribution in [1.82, 2.24) is 0 Å². The molecule has 0 fully saturated rings. The quantitative estimate of drug-likeness (QED) is 0.366. The summed E-state index contributed by atoms with van der Waals surface area (Å²) in [5, 5.41) is 12.7. The molecule has 4 aromatic rings. The van der Waals surface area contributed by atoms with Crippen LogP contribution < -0.4 is 4.74 Å². The van der Waals surface area contributed by atoms with E-state index in [0.29, 0.717) is 18.1 Å². The van der Waals surface area contributed by atoms with Gasteiger partial charge in [0, 0.05) is 10.9 Å². The van der Waals surface area contributed by atoms with Crippen LogP contribution in [0.1, 0.15) is 40.2 Å². The molecule has 2 nitrogen and oxygen atoms in total. The molecule has 2 atom stereocenters. The van der Waals surface area contributed by atoms with Crippen LogP contribution in [0.15, 0.2) is 103 Å². The Bertz CT molecular complexity index is 1190. The molecule has 0 aliphatic heterocycles. The molecule has 0 amide bonds. The van der Waals surface area contributed by atoms with E-state index in [4.69, 9.17) is 16.3 Å². The SMILES string of the molecule is O[C@@]1(c2ccccc2)CCc2cc(OCc3ccccc3)ccc2[C@H]1c1ccc(Cl)cc1. The second-order valence-electron chi connectivity index (χ2n) is 8.41. The van der Waals surface area contributed by atoms with E-state index in [-0.39, 0.29) is 5.92 Å². The Morgan fingerprint density at radius 1 is 0.844 bits per heavy atom. The molecule has 0 heterocycles. The average Bonchev–Trinajstić information content (AvgIpc) is 2.85. The summed E-state index contributed by atoms with van der Waals surface area (Å²) in [4.78, 5) is 0. The Kier molecular flexibility index (Phi) is 5.73. The van der Waals surface area contributed by atoms with Crippen molar-refractivity contribution < 1.29 is 9.84 Å². The summed E-state index contributed by atoms with van der Waals surface area (Å²) in [7, 11) is 0. The molecular weight excluding hydrogens is 416 g/mol. The van der Waals surface area contributed by atoms with Crippen molar-refractivity contribution in [1.29, 1.82) is 0 Å². The van der Waals surface area contributed by atoms with Gasteiger partial charge in [0.25, 0.3) is 0 Å². The zero-order valence-electron chi connectivity index (χ0n) is 17.7. The summed E-state index contributed by atoms with van der Waals surface area (Å²) in [5.74, 6) is 0.668. The molecule has 0 aromatic heterocycles. The van der Waals surface area contributed by atoms with Crippen molar-refractivity contribution in [2.45, 2.75) is 31.0 Å². The number of aliphatic hydroxyl groups is 1. The van der Waals surface area contributed by atoms with Gasteiger partial charge in [0.15, 0.2) is 0 Å². The third-order valence-electron chi connectivity index (χ3n) is 6.40. The van der Waals surface area contributed by atoms with E-state index in [1.54, 1.807) is 0 Å². The highest BCUT2D eigenvalue weighted by molar-refractivity contribution is 6.30. The fraction of sp³-hybridized carbons (Fsp3) is 0.172. The maximum Gasteiger partial charge on any atom is 0.120 e. The largest absolute Gasteiger partial charge is 0.489 e. The van der Waals surface area contributed by atoms with Crippen LogP contribution in [-0.2, 0) is 18.6 Å². The van der Waals surface area contributed by atoms with Gasteiger partial charge in [-0.15, -0.1) is 0 Å². The van der Waals surface area contributed by atoms with Crippen molar-refractivity contribution in [3.05, 3.63) is 136 Å². The molecule has 0 spiro atoms. The Balaban J connectivity index is 1.52. The van der Waals surface area contributed by atoms with E-state index in [2.05, 4.69) is 24.3 Å². The highest BCUT2D eigenvalue weighted by atomic mass is 35.5. The number of benzene rings is 4. The second-order valence-corrected chi connectivity index (χ2v) is 8.85. The van der Waals surface area contributed by atoms with Gasteiger partial charge in [0.2, 0.25) is 0 Å². The molecule has 0 unspecified atom stereocenters. The molecule has 0 saturated heterocycles. The lowest BCUT2D eigenvalue weighted by Gasteiger charge is -2.42. The molecule has 5 rings (SSSR count). The van der Waals surface area contributed by atoms with Crippen molar-refractivity contribution in [3.63, 3.8) is 0 Å². The number of hydrogen-bond acceptors (Lipinski definition) is 2. The lowest BCUT2D eigenvalue weighted by atomic mass is 9.66. The van der Waals surface area contributed by atoms with Crippen LogP contribution >= 0.6 is 11.6 Å². The summed E-state index contributed by atoms with van der Waals surface area (Å²) in [6.45, 7) is 0.536. The zero-order valence-corrected chi connectivity index (χ0v) is 18.5. The monoisotopic (exact) mass is 440 g/mol. The van der Waals surface area contributed by atoms with Crippen molar-refractivity contribution in [3.8, 4) is 5.75 Å². The van der Waals surface area contributed by atoms with E-state index in [9.17, 15) is 5.11 Å². The molecule has 0 saturated carbocycles. The molecule has 1 N–H and O–H groups in total. The molecule has 0 bridgehead atoms. The first-order valence-corrected chi connectivity index (χ1v) is 11.3. The number of fused-ring (bicyclic) bond motifs is 1. The van der Waals surface area contributed by atoms with E-state index in [0.717, 1.165) is 34.4 Å². The molecule has 1 aliphatic rings. The van der Waals surface area contributed by atoms with Crippen LogP contribution in [0.25, 0.3) is 0 Å². The first-order valence-electron chi connectivity index (χ1n) is 11.0. The molecule has 0 radical (unpaired) electrons. The van der Waals surface area contributed by atoms with Crippen molar-refractivity contribution in [2.24, 2.45) is 0 Å². The fourth-order valence-electron chi connectivity index (χ4n) is 4.79. The van der Waals surface area contributed by atoms with Gasteiger partial charge in [-0.25, -0.2) is 0 Å². The average molecular weight is 441 g/mol. The third kappa shape index (κ3) is 4.04. The third-order valence-corrected chi connectivity index (χ3v) is 6.66. The molecule has 4 aromatic carbocycles. The number of hydrogen-bond donors (Lipinski definition) is 1. The van der Waals surface area contributed by atoms with Gasteiger partial charge >= 0.3 is 0 Å². The molecular formula is C29H25ClO2. The number of aryl methyl sites for hydroxylation is 1. The smallest absolute Gasteiger partial charge is 0.120 e. The van der Waals surface area contributed by atoms with Crippen LogP contribution in [0.4, 0.5) is 0 Å². The van der Waals surface area contributed by atoms with Crippen LogP contribution in [-0.4, -0.2) is 5.11 Å². The van der Waals surface area contributed by atoms with Gasteiger partial charge in [0.05, 0.1) is 0 Å². The van der Waals surface area contributed by atoms with Crippen LogP contribution in [0.3, 0.4) is 0 Å². The Hall–Kier alpha value is -3.07. The number of ether oxygens (including phenoxy) is 1. The minimum absolute atomic E-state index is 0.186. The minimum atomic E-state index is -0.992. The lowest BCUT2D eigenvalue weighted by Crippen LogP contribution is -2.38. The highest BCUT2D eigenvalue weighted by Gasteiger charge is 2.44. The Morgan fingerprint density at radius 2 is 1.53 bits per heavy atom. The van der Waals surface area contributed by atoms with E-state index in [1.165, 1.54) is 5.56 Å². The zero-order chi connectivity index (χ0) is 22.0. The highest BCUT2D eigenvalue weighted by Crippen LogP contribution is 2.49. The van der Waals surface area contributed by atoms with E-state index >= 15 is 0 Å². The van der Waals surface area contributed by atoms with Crippen molar-refractivity contribution >= 4 is 11.6 Å². The summed E-state index contributed by atoms with van der Waals surface area (Å²) in [6.07, 6.45) is 1.42. The fourth-order valence-corrected chi connectivity index (χ4v) is 4.91. The number of rotatable bonds is 5. The predicted molar refractivity (Wildman–Crippen MR) is 129 cm³/mol. The molecule has 3 heteroatoms. The standard InChI is InChI=1S/C29H25ClO2/c30-25-13-11-22(12-14-25)28-27-16-15-26(32-20-21-7-3-1-4-8-21)19-23(27)17-18-29(28,31)24-9-5-2-6-10-24/h1-16,19,28,31H,17-18,20H2/t28-,29-/m1/s1. The molecule has 160 valence electrons. The van der Waals surface area contributed by atoms with Gasteiger partial charge in [-0.1, -0.05) is 90.5 Å². The molecule has 32 heavy (non-hydrogen) atoms. The van der Waals surface area contributed by atoms with Crippen LogP contribution in [0, 0.1) is 0 Å². The summed E-state index contributed by atoms with van der Waals surface area (Å²) in [5.41, 5.74) is 4.50. The minimum Gasteiger partial charge on any atom is -0.489 e. The van der Waals surface area contributed by atoms with Gasteiger partial charge in [-0.2, -0.15) is 0 Å². The second kappa shape index (κ2) is 8.82. The Labute approximate surface area is 194 Å². The Morgan fingerprint density at radius 3 is 2.25 bits per heavy atom. The maximum absolute atomic E-state index is 12.0. The van der Waals surface area contributed by atoms with Crippen LogP contribution in [0.5, 0.6) is 5.75 Å². The van der Waals surface area contributed by atoms with E-state index < -0.39 is 5.60 Å². The lowest BCUT2D eigenvalue weighted by molar-refractivity contribution is 0.00437. The topological polar surface area (TPSA) is 29.5 Å². The first kappa shape index (κ1) is 20.8. The van der Waals surface area contributed by atoms with Crippen molar-refractivity contribution in [2.75, 3.05) is 0 Å². The summed E-state index contributed by atoms with van der Waals surface area (Å²) >= 11 is 6.17. The van der Waals surface area contributed by atoms with E-state index in [1.807, 2.05) is 78.9 Å². The van der Waals surface area contributed by atoms with Gasteiger partial charge in [-0.3, -0.25) is 0 Å². The van der Waals surface area contributed by atoms with Gasteiger partial charge in [-0.05, 0) is 64.9 Å². The van der Waals surface area contributed by atoms with Gasteiger partial charge in [0.1, 0.15) is 18.0 Å². The van der Waals surface area contributed by atoms with Crippen LogP contribution in [0.2, 0.25) is 5.02 Å².